The molecule has 24 heavy (non-hydrogen) atoms. The Morgan fingerprint density at radius 3 is 2.33 bits per heavy atom. The summed E-state index contributed by atoms with van der Waals surface area (Å²) in [6, 6.07) is 13.5. The van der Waals surface area contributed by atoms with Gasteiger partial charge in [0, 0.05) is 24.7 Å². The van der Waals surface area contributed by atoms with Crippen LogP contribution in [0, 0.1) is 0 Å². The molecule has 1 amide bonds. The van der Waals surface area contributed by atoms with E-state index in [4.69, 9.17) is 21.1 Å². The number of methoxy groups -OCH3 is 1. The first-order valence-corrected chi connectivity index (χ1v) is 7.62. The molecule has 0 fully saturated rings. The molecule has 0 saturated carbocycles. The van der Waals surface area contributed by atoms with E-state index in [1.54, 1.807) is 50.5 Å². The van der Waals surface area contributed by atoms with Gasteiger partial charge in [0.15, 0.2) is 0 Å². The summed E-state index contributed by atoms with van der Waals surface area (Å²) in [7, 11) is 4.65. The summed E-state index contributed by atoms with van der Waals surface area (Å²) in [4.78, 5) is 26.4. The smallest absolute Gasteiger partial charge is 0.343 e. The van der Waals surface area contributed by atoms with Crippen molar-refractivity contribution in [1.82, 2.24) is 4.90 Å². The molecule has 0 aliphatic rings. The summed E-state index contributed by atoms with van der Waals surface area (Å²) in [6.07, 6.45) is -1.04. The van der Waals surface area contributed by atoms with Crippen molar-refractivity contribution in [2.45, 2.75) is 6.10 Å². The highest BCUT2D eigenvalue weighted by atomic mass is 35.5. The molecule has 6 heteroatoms. The molecule has 0 saturated heterocycles. The second-order valence-corrected chi connectivity index (χ2v) is 5.71. The first-order chi connectivity index (χ1) is 11.4. The molecular formula is C18H18ClNO4. The third kappa shape index (κ3) is 4.06. The molecule has 0 spiro atoms. The fourth-order valence-corrected chi connectivity index (χ4v) is 2.31. The second-order valence-electron chi connectivity index (χ2n) is 5.27. The van der Waals surface area contributed by atoms with Gasteiger partial charge in [0.1, 0.15) is 11.3 Å². The van der Waals surface area contributed by atoms with Gasteiger partial charge in [-0.3, -0.25) is 4.79 Å². The molecule has 0 aliphatic heterocycles. The summed E-state index contributed by atoms with van der Waals surface area (Å²) >= 11 is 5.95. The Hall–Kier alpha value is -2.53. The number of hydrogen-bond acceptors (Lipinski definition) is 4. The van der Waals surface area contributed by atoms with E-state index in [9.17, 15) is 9.59 Å². The van der Waals surface area contributed by atoms with Crippen LogP contribution in [0.2, 0.25) is 5.02 Å². The highest BCUT2D eigenvalue weighted by molar-refractivity contribution is 6.31. The lowest BCUT2D eigenvalue weighted by Crippen LogP contribution is -2.31. The monoisotopic (exact) mass is 347 g/mol. The molecule has 0 radical (unpaired) electrons. The second kappa shape index (κ2) is 7.84. The van der Waals surface area contributed by atoms with Gasteiger partial charge in [-0.05, 0) is 18.2 Å². The average molecular weight is 348 g/mol. The van der Waals surface area contributed by atoms with Crippen LogP contribution in [0.5, 0.6) is 5.75 Å². The molecular weight excluding hydrogens is 330 g/mol. The van der Waals surface area contributed by atoms with Crippen LogP contribution in [-0.2, 0) is 9.53 Å². The summed E-state index contributed by atoms with van der Waals surface area (Å²) in [6.45, 7) is 0. The van der Waals surface area contributed by atoms with E-state index in [-0.39, 0.29) is 11.5 Å². The lowest BCUT2D eigenvalue weighted by molar-refractivity contribution is -0.138. The standard InChI is InChI=1S/C18H18ClNO4/c1-20(2)17(21)16(12-7-5-4-6-8-12)24-18(22)14-11-13(19)9-10-15(14)23-3/h4-11,16H,1-3H3/t16-/m0/s1. The normalized spacial score (nSPS) is 11.5. The number of amides is 1. The van der Waals surface area contributed by atoms with Crippen molar-refractivity contribution in [2.24, 2.45) is 0 Å². The van der Waals surface area contributed by atoms with Crippen LogP contribution in [0.15, 0.2) is 48.5 Å². The molecule has 2 rings (SSSR count). The summed E-state index contributed by atoms with van der Waals surface area (Å²) in [5.74, 6) is -0.692. The van der Waals surface area contributed by atoms with Gasteiger partial charge in [0.05, 0.1) is 7.11 Å². The molecule has 0 N–H and O–H groups in total. The number of halogens is 1. The largest absolute Gasteiger partial charge is 0.496 e. The van der Waals surface area contributed by atoms with Crippen molar-refractivity contribution in [3.8, 4) is 5.75 Å². The van der Waals surface area contributed by atoms with Crippen molar-refractivity contribution >= 4 is 23.5 Å². The first-order valence-electron chi connectivity index (χ1n) is 7.24. The zero-order chi connectivity index (χ0) is 17.7. The van der Waals surface area contributed by atoms with E-state index >= 15 is 0 Å². The average Bonchev–Trinajstić information content (AvgIpc) is 2.59. The molecule has 0 heterocycles. The zero-order valence-corrected chi connectivity index (χ0v) is 14.4. The third-order valence-corrected chi connectivity index (χ3v) is 3.61. The molecule has 1 atom stereocenters. The van der Waals surface area contributed by atoms with Crippen molar-refractivity contribution < 1.29 is 19.1 Å². The van der Waals surface area contributed by atoms with Crippen LogP contribution in [-0.4, -0.2) is 38.0 Å². The Balaban J connectivity index is 2.35. The number of nitrogens with zero attached hydrogens (tertiary/aromatic N) is 1. The van der Waals surface area contributed by atoms with Crippen LogP contribution < -0.4 is 4.74 Å². The number of hydrogen-bond donors (Lipinski definition) is 0. The fourth-order valence-electron chi connectivity index (χ4n) is 2.13. The number of likely N-dealkylation sites (N-methyl/N-ethyl adjacent to an activating group) is 1. The van der Waals surface area contributed by atoms with Crippen molar-refractivity contribution in [3.05, 3.63) is 64.7 Å². The molecule has 5 nitrogen and oxygen atoms in total. The summed E-state index contributed by atoms with van der Waals surface area (Å²) < 4.78 is 10.6. The molecule has 0 aliphatic carbocycles. The van der Waals surface area contributed by atoms with Crippen LogP contribution in [0.3, 0.4) is 0 Å². The Bertz CT molecular complexity index is 731. The maximum absolute atomic E-state index is 12.6. The lowest BCUT2D eigenvalue weighted by Gasteiger charge is -2.21. The van der Waals surface area contributed by atoms with E-state index in [2.05, 4.69) is 0 Å². The van der Waals surface area contributed by atoms with Gasteiger partial charge in [-0.2, -0.15) is 0 Å². The number of esters is 1. The number of carbonyl (C=O) groups is 2. The van der Waals surface area contributed by atoms with Gasteiger partial charge in [-0.25, -0.2) is 4.79 Å². The van der Waals surface area contributed by atoms with E-state index < -0.39 is 12.1 Å². The van der Waals surface area contributed by atoms with Gasteiger partial charge >= 0.3 is 5.97 Å². The maximum atomic E-state index is 12.6. The van der Waals surface area contributed by atoms with Crippen molar-refractivity contribution in [1.29, 1.82) is 0 Å². The Morgan fingerprint density at radius 2 is 1.75 bits per heavy atom. The van der Waals surface area contributed by atoms with Gasteiger partial charge in [0.2, 0.25) is 6.10 Å². The van der Waals surface area contributed by atoms with E-state index in [1.807, 2.05) is 6.07 Å². The Labute approximate surface area is 145 Å². The van der Waals surface area contributed by atoms with Crippen LogP contribution in [0.1, 0.15) is 22.0 Å². The summed E-state index contributed by atoms with van der Waals surface area (Å²) in [5.41, 5.74) is 0.753. The predicted octanol–water partition coefficient (Wildman–Crippen LogP) is 3.33. The van der Waals surface area contributed by atoms with Gasteiger partial charge in [-0.1, -0.05) is 41.9 Å². The van der Waals surface area contributed by atoms with Gasteiger partial charge in [0.25, 0.3) is 5.91 Å². The highest BCUT2D eigenvalue weighted by Crippen LogP contribution is 2.27. The number of carbonyl (C=O) groups excluding carboxylic acids is 2. The number of ether oxygens (including phenoxy) is 2. The molecule has 126 valence electrons. The SMILES string of the molecule is COc1ccc(Cl)cc1C(=O)O[C@H](C(=O)N(C)C)c1ccccc1. The molecule has 2 aromatic rings. The minimum atomic E-state index is -1.04. The topological polar surface area (TPSA) is 55.8 Å². The predicted molar refractivity (Wildman–Crippen MR) is 91.3 cm³/mol. The number of rotatable bonds is 5. The number of benzene rings is 2. The molecule has 2 aromatic carbocycles. The highest BCUT2D eigenvalue weighted by Gasteiger charge is 2.28. The minimum absolute atomic E-state index is 0.164. The molecule has 0 unspecified atom stereocenters. The Kier molecular flexibility index (Phi) is 5.82. The van der Waals surface area contributed by atoms with Gasteiger partial charge < -0.3 is 14.4 Å². The van der Waals surface area contributed by atoms with Crippen LogP contribution in [0.4, 0.5) is 0 Å². The molecule has 0 aromatic heterocycles. The fraction of sp³-hybridized carbons (Fsp3) is 0.222. The first kappa shape index (κ1) is 17.8. The van der Waals surface area contributed by atoms with Crippen molar-refractivity contribution in [3.63, 3.8) is 0 Å². The minimum Gasteiger partial charge on any atom is -0.496 e. The maximum Gasteiger partial charge on any atom is 0.343 e. The summed E-state index contributed by atoms with van der Waals surface area (Å²) in [5, 5.41) is 0.373. The Morgan fingerprint density at radius 1 is 1.08 bits per heavy atom. The van der Waals surface area contributed by atoms with E-state index in [1.165, 1.54) is 18.1 Å². The third-order valence-electron chi connectivity index (χ3n) is 3.37. The van der Waals surface area contributed by atoms with Crippen LogP contribution in [0.25, 0.3) is 0 Å². The quantitative estimate of drug-likeness (QED) is 0.778. The van der Waals surface area contributed by atoms with E-state index in [0.29, 0.717) is 16.3 Å². The zero-order valence-electron chi connectivity index (χ0n) is 13.7. The van der Waals surface area contributed by atoms with E-state index in [0.717, 1.165) is 0 Å². The lowest BCUT2D eigenvalue weighted by atomic mass is 10.1. The van der Waals surface area contributed by atoms with Crippen molar-refractivity contribution in [2.75, 3.05) is 21.2 Å². The van der Waals surface area contributed by atoms with Crippen LogP contribution >= 0.6 is 11.6 Å². The van der Waals surface area contributed by atoms with Gasteiger partial charge in [-0.15, -0.1) is 0 Å². The molecule has 0 bridgehead atoms.